The molecule has 3 aromatic heterocycles. The van der Waals surface area contributed by atoms with Crippen molar-refractivity contribution in [3.05, 3.63) is 46.3 Å². The lowest BCUT2D eigenvalue weighted by atomic mass is 10.0. The third kappa shape index (κ3) is 3.05. The fraction of sp³-hybridized carbons (Fsp3) is 0.412. The van der Waals surface area contributed by atoms with Crippen LogP contribution in [0.5, 0.6) is 0 Å². The first kappa shape index (κ1) is 15.2. The highest BCUT2D eigenvalue weighted by Gasteiger charge is 2.15. The van der Waals surface area contributed by atoms with Crippen molar-refractivity contribution in [3.63, 3.8) is 0 Å². The van der Waals surface area contributed by atoms with Crippen molar-refractivity contribution in [2.75, 3.05) is 0 Å². The minimum absolute atomic E-state index is 0.259. The Morgan fingerprint density at radius 2 is 2.14 bits per heavy atom. The van der Waals surface area contributed by atoms with Gasteiger partial charge in [0.25, 0.3) is 0 Å². The zero-order valence-corrected chi connectivity index (χ0v) is 14.2. The maximum Gasteiger partial charge on any atom is 0.137 e. The third-order valence-electron chi connectivity index (χ3n) is 4.05. The topological polar surface area (TPSA) is 51.0 Å². The number of nitrogens with one attached hydrogen (secondary N) is 1. The summed E-state index contributed by atoms with van der Waals surface area (Å²) in [5.41, 5.74) is 4.49. The van der Waals surface area contributed by atoms with Gasteiger partial charge in [-0.1, -0.05) is 5.16 Å². The lowest BCUT2D eigenvalue weighted by Crippen LogP contribution is -2.31. The first-order valence-electron chi connectivity index (χ1n) is 7.55. The molecule has 0 aliphatic heterocycles. The Hall–Kier alpha value is -1.72. The van der Waals surface area contributed by atoms with Crippen LogP contribution in [-0.4, -0.2) is 16.2 Å². The molecular formula is C17H21N3OS. The van der Waals surface area contributed by atoms with Gasteiger partial charge in [-0.15, -0.1) is 11.3 Å². The Bertz CT molecular complexity index is 758. The lowest BCUT2D eigenvalue weighted by Gasteiger charge is -2.20. The maximum absolute atomic E-state index is 5.24. The highest BCUT2D eigenvalue weighted by atomic mass is 32.1. The van der Waals surface area contributed by atoms with Crippen molar-refractivity contribution in [1.29, 1.82) is 0 Å². The molecule has 0 amide bonds. The summed E-state index contributed by atoms with van der Waals surface area (Å²) >= 11 is 1.73. The molecule has 0 saturated heterocycles. The molecular weight excluding hydrogens is 294 g/mol. The average molecular weight is 315 g/mol. The predicted molar refractivity (Wildman–Crippen MR) is 90.3 cm³/mol. The van der Waals surface area contributed by atoms with Crippen LogP contribution in [0.25, 0.3) is 10.2 Å². The molecule has 116 valence electrons. The number of nitrogens with zero attached hydrogens (tertiary/aromatic N) is 2. The van der Waals surface area contributed by atoms with Crippen LogP contribution >= 0.6 is 11.3 Å². The molecule has 0 aliphatic rings. The van der Waals surface area contributed by atoms with Crippen LogP contribution in [-0.2, 0) is 6.42 Å². The van der Waals surface area contributed by atoms with E-state index in [9.17, 15) is 0 Å². The Morgan fingerprint density at radius 1 is 1.32 bits per heavy atom. The van der Waals surface area contributed by atoms with Gasteiger partial charge in [0, 0.05) is 23.8 Å². The number of rotatable bonds is 5. The highest BCUT2D eigenvalue weighted by molar-refractivity contribution is 7.17. The molecule has 0 fully saturated rings. The van der Waals surface area contributed by atoms with Gasteiger partial charge in [-0.25, -0.2) is 0 Å². The second-order valence-corrected chi connectivity index (χ2v) is 6.82. The van der Waals surface area contributed by atoms with Gasteiger partial charge in [-0.05, 0) is 57.2 Å². The summed E-state index contributed by atoms with van der Waals surface area (Å²) in [6.45, 7) is 8.34. The van der Waals surface area contributed by atoms with Gasteiger partial charge >= 0.3 is 0 Å². The van der Waals surface area contributed by atoms with Crippen molar-refractivity contribution in [1.82, 2.24) is 15.5 Å². The molecule has 0 saturated carbocycles. The first-order chi connectivity index (χ1) is 10.5. The summed E-state index contributed by atoms with van der Waals surface area (Å²) in [6, 6.07) is 4.88. The van der Waals surface area contributed by atoms with E-state index in [0.29, 0.717) is 6.04 Å². The normalized spacial score (nSPS) is 14.4. The van der Waals surface area contributed by atoms with Crippen LogP contribution in [0.1, 0.15) is 42.5 Å². The summed E-state index contributed by atoms with van der Waals surface area (Å²) in [5.74, 6) is 0.917. The third-order valence-corrected chi connectivity index (χ3v) is 4.90. The largest absolute Gasteiger partial charge is 0.361 e. The molecule has 0 unspecified atom stereocenters. The second kappa shape index (κ2) is 6.18. The number of fused-ring (bicyclic) bond motifs is 1. The van der Waals surface area contributed by atoms with Crippen molar-refractivity contribution in [2.45, 2.75) is 46.2 Å². The molecule has 5 heteroatoms. The smallest absolute Gasteiger partial charge is 0.137 e. The number of aromatic nitrogens is 2. The van der Waals surface area contributed by atoms with Crippen LogP contribution in [0.2, 0.25) is 0 Å². The summed E-state index contributed by atoms with van der Waals surface area (Å²) in [4.78, 5) is 4.52. The molecule has 3 aromatic rings. The molecule has 1 N–H and O–H groups in total. The van der Waals surface area contributed by atoms with E-state index in [1.807, 2.05) is 20.0 Å². The summed E-state index contributed by atoms with van der Waals surface area (Å²) in [5, 5.41) is 9.75. The SMILES string of the molecule is Cc1noc(C)c1C[C@@H](C)N[C@H](C)c1cnc2ccsc2c1. The van der Waals surface area contributed by atoms with Crippen LogP contribution in [0, 0.1) is 13.8 Å². The molecule has 22 heavy (non-hydrogen) atoms. The first-order valence-corrected chi connectivity index (χ1v) is 8.43. The van der Waals surface area contributed by atoms with E-state index in [0.717, 1.165) is 23.4 Å². The van der Waals surface area contributed by atoms with E-state index in [1.54, 1.807) is 11.3 Å². The fourth-order valence-corrected chi connectivity index (χ4v) is 3.57. The quantitative estimate of drug-likeness (QED) is 0.767. The summed E-state index contributed by atoms with van der Waals surface area (Å²) < 4.78 is 6.48. The zero-order chi connectivity index (χ0) is 15.7. The van der Waals surface area contributed by atoms with Crippen molar-refractivity contribution in [2.24, 2.45) is 0 Å². The van der Waals surface area contributed by atoms with E-state index >= 15 is 0 Å². The molecule has 3 rings (SSSR count). The number of hydrogen-bond donors (Lipinski definition) is 1. The Labute approximate surface area is 134 Å². The van der Waals surface area contributed by atoms with E-state index < -0.39 is 0 Å². The van der Waals surface area contributed by atoms with Crippen LogP contribution < -0.4 is 5.32 Å². The standard InChI is InChI=1S/C17H21N3OS/c1-10(7-15-12(3)20-21-13(15)4)19-11(2)14-8-17-16(18-9-14)5-6-22-17/h5-6,8-11,19H,7H2,1-4H3/t10-,11-/m1/s1. The van der Waals surface area contributed by atoms with Gasteiger partial charge in [0.2, 0.25) is 0 Å². The number of pyridine rings is 1. The van der Waals surface area contributed by atoms with Crippen molar-refractivity contribution >= 4 is 21.6 Å². The Kier molecular flexibility index (Phi) is 4.27. The highest BCUT2D eigenvalue weighted by Crippen LogP contribution is 2.23. The lowest BCUT2D eigenvalue weighted by molar-refractivity contribution is 0.391. The van der Waals surface area contributed by atoms with Crippen molar-refractivity contribution in [3.8, 4) is 0 Å². The number of hydrogen-bond acceptors (Lipinski definition) is 5. The second-order valence-electron chi connectivity index (χ2n) is 5.87. The fourth-order valence-electron chi connectivity index (χ4n) is 2.78. The Balaban J connectivity index is 1.69. The molecule has 0 bridgehead atoms. The average Bonchev–Trinajstić information content (AvgIpc) is 3.08. The number of thiophene rings is 1. The number of aryl methyl sites for hydroxylation is 2. The molecule has 0 aliphatic carbocycles. The summed E-state index contributed by atoms with van der Waals surface area (Å²) in [6.07, 6.45) is 2.88. The zero-order valence-electron chi connectivity index (χ0n) is 13.4. The van der Waals surface area contributed by atoms with E-state index in [1.165, 1.54) is 15.8 Å². The van der Waals surface area contributed by atoms with E-state index in [-0.39, 0.29) is 6.04 Å². The minimum Gasteiger partial charge on any atom is -0.361 e. The summed E-state index contributed by atoms with van der Waals surface area (Å²) in [7, 11) is 0. The molecule has 3 heterocycles. The monoisotopic (exact) mass is 315 g/mol. The van der Waals surface area contributed by atoms with Gasteiger partial charge in [-0.2, -0.15) is 0 Å². The van der Waals surface area contributed by atoms with Crippen LogP contribution in [0.15, 0.2) is 28.2 Å². The van der Waals surface area contributed by atoms with Crippen molar-refractivity contribution < 1.29 is 4.52 Å². The van der Waals surface area contributed by atoms with E-state index in [2.05, 4.69) is 46.8 Å². The molecule has 0 spiro atoms. The molecule has 0 radical (unpaired) electrons. The van der Waals surface area contributed by atoms with E-state index in [4.69, 9.17) is 4.52 Å². The van der Waals surface area contributed by atoms with Gasteiger partial charge in [0.15, 0.2) is 0 Å². The van der Waals surface area contributed by atoms with Gasteiger partial charge < -0.3 is 9.84 Å². The maximum atomic E-state index is 5.24. The predicted octanol–water partition coefficient (Wildman–Crippen LogP) is 4.18. The minimum atomic E-state index is 0.259. The molecule has 0 aromatic carbocycles. The van der Waals surface area contributed by atoms with Gasteiger partial charge in [-0.3, -0.25) is 4.98 Å². The van der Waals surface area contributed by atoms with Crippen LogP contribution in [0.4, 0.5) is 0 Å². The molecule has 2 atom stereocenters. The van der Waals surface area contributed by atoms with Crippen LogP contribution in [0.3, 0.4) is 0 Å². The molecule has 4 nitrogen and oxygen atoms in total. The van der Waals surface area contributed by atoms with Gasteiger partial charge in [0.1, 0.15) is 5.76 Å². The van der Waals surface area contributed by atoms with Gasteiger partial charge in [0.05, 0.1) is 15.9 Å². The Morgan fingerprint density at radius 3 is 2.86 bits per heavy atom.